The molecule has 0 aliphatic heterocycles. The van der Waals surface area contributed by atoms with Crippen LogP contribution in [0.1, 0.15) is 16.7 Å². The maximum atomic E-state index is 8.56. The standard InChI is InChI=1S/C9H11N2/c1-6-4-8(3)9(11-10)5-7(6)2/h4-5H,1-3H3/q+1. The van der Waals surface area contributed by atoms with Crippen molar-refractivity contribution in [2.24, 2.45) is 0 Å². The Morgan fingerprint density at radius 3 is 2.09 bits per heavy atom. The summed E-state index contributed by atoms with van der Waals surface area (Å²) in [6, 6.07) is 3.90. The van der Waals surface area contributed by atoms with Crippen molar-refractivity contribution < 1.29 is 0 Å². The van der Waals surface area contributed by atoms with Gasteiger partial charge in [-0.2, -0.15) is 0 Å². The molecule has 0 saturated carbocycles. The predicted octanol–water partition coefficient (Wildman–Crippen LogP) is 3.10. The van der Waals surface area contributed by atoms with Crippen LogP contribution < -0.4 is 0 Å². The molecule has 0 N–H and O–H groups in total. The molecule has 0 aliphatic rings. The van der Waals surface area contributed by atoms with Gasteiger partial charge in [0.15, 0.2) is 4.98 Å². The quantitative estimate of drug-likeness (QED) is 0.518. The molecule has 1 aromatic rings. The van der Waals surface area contributed by atoms with E-state index in [2.05, 4.69) is 4.98 Å². The summed E-state index contributed by atoms with van der Waals surface area (Å²) in [6.45, 7) is 5.98. The van der Waals surface area contributed by atoms with Gasteiger partial charge in [0.1, 0.15) is 0 Å². The fourth-order valence-electron chi connectivity index (χ4n) is 1.05. The molecule has 1 aromatic carbocycles. The monoisotopic (exact) mass is 147 g/mol. The topological polar surface area (TPSA) is 28.1 Å². The van der Waals surface area contributed by atoms with Gasteiger partial charge in [-0.25, -0.2) is 0 Å². The highest BCUT2D eigenvalue weighted by Crippen LogP contribution is 2.22. The van der Waals surface area contributed by atoms with Crippen molar-refractivity contribution in [1.29, 1.82) is 5.39 Å². The molecule has 0 saturated heterocycles. The first kappa shape index (κ1) is 7.74. The van der Waals surface area contributed by atoms with E-state index in [1.165, 1.54) is 5.56 Å². The Labute approximate surface area is 66.5 Å². The third-order valence-electron chi connectivity index (χ3n) is 1.92. The average molecular weight is 147 g/mol. The Morgan fingerprint density at radius 2 is 1.55 bits per heavy atom. The van der Waals surface area contributed by atoms with Crippen LogP contribution in [0.25, 0.3) is 4.98 Å². The second kappa shape index (κ2) is 2.71. The van der Waals surface area contributed by atoms with Crippen molar-refractivity contribution in [1.82, 2.24) is 0 Å². The predicted molar refractivity (Wildman–Crippen MR) is 45.4 cm³/mol. The zero-order chi connectivity index (χ0) is 8.43. The lowest BCUT2D eigenvalue weighted by atomic mass is 10.1. The first-order valence-electron chi connectivity index (χ1n) is 3.58. The molecule has 0 radical (unpaired) electrons. The molecule has 2 nitrogen and oxygen atoms in total. The van der Waals surface area contributed by atoms with Gasteiger partial charge in [-0.15, -0.1) is 0 Å². The van der Waals surface area contributed by atoms with Crippen molar-refractivity contribution in [2.75, 3.05) is 0 Å². The molecule has 2 heteroatoms. The molecule has 0 spiro atoms. The van der Waals surface area contributed by atoms with Gasteiger partial charge < -0.3 is 0 Å². The largest absolute Gasteiger partial charge is 0.388 e. The van der Waals surface area contributed by atoms with Gasteiger partial charge in [0.2, 0.25) is 5.39 Å². The molecule has 56 valence electrons. The van der Waals surface area contributed by atoms with Crippen LogP contribution in [0.15, 0.2) is 12.1 Å². The number of benzene rings is 1. The second-order valence-electron chi connectivity index (χ2n) is 2.82. The Hall–Kier alpha value is -1.36. The first-order chi connectivity index (χ1) is 5.15. The number of nitrogens with zero attached hydrogens (tertiary/aromatic N) is 2. The van der Waals surface area contributed by atoms with Gasteiger partial charge in [-0.05, 0) is 38.0 Å². The summed E-state index contributed by atoms with van der Waals surface area (Å²) in [6.07, 6.45) is 0. The van der Waals surface area contributed by atoms with Crippen molar-refractivity contribution in [3.8, 4) is 0 Å². The van der Waals surface area contributed by atoms with E-state index < -0.39 is 0 Å². The van der Waals surface area contributed by atoms with Crippen molar-refractivity contribution in [3.63, 3.8) is 0 Å². The second-order valence-corrected chi connectivity index (χ2v) is 2.82. The normalized spacial score (nSPS) is 9.27. The Morgan fingerprint density at radius 1 is 1.00 bits per heavy atom. The van der Waals surface area contributed by atoms with E-state index in [9.17, 15) is 0 Å². The highest BCUT2D eigenvalue weighted by molar-refractivity contribution is 5.54. The fraction of sp³-hybridized carbons (Fsp3) is 0.333. The molecule has 0 heterocycles. The van der Waals surface area contributed by atoms with Crippen LogP contribution in [0, 0.1) is 26.2 Å². The molecule has 0 fully saturated rings. The molecule has 0 aromatic heterocycles. The molecule has 0 bridgehead atoms. The lowest BCUT2D eigenvalue weighted by Gasteiger charge is -1.96. The minimum Gasteiger partial charge on any atom is -0.0481 e. The summed E-state index contributed by atoms with van der Waals surface area (Å²) in [5.74, 6) is 0. The summed E-state index contributed by atoms with van der Waals surface area (Å²) < 4.78 is 0. The summed E-state index contributed by atoms with van der Waals surface area (Å²) >= 11 is 0. The third-order valence-corrected chi connectivity index (χ3v) is 1.92. The Kier molecular flexibility index (Phi) is 1.91. The Bertz CT molecular complexity index is 321. The zero-order valence-corrected chi connectivity index (χ0v) is 7.05. The van der Waals surface area contributed by atoms with E-state index in [0.717, 1.165) is 11.1 Å². The van der Waals surface area contributed by atoms with Crippen LogP contribution in [-0.4, -0.2) is 0 Å². The van der Waals surface area contributed by atoms with Crippen molar-refractivity contribution in [2.45, 2.75) is 20.8 Å². The minimum atomic E-state index is 0.660. The molecule has 11 heavy (non-hydrogen) atoms. The summed E-state index contributed by atoms with van der Waals surface area (Å²) in [7, 11) is 0. The number of hydrogen-bond donors (Lipinski definition) is 0. The molecule has 1 rings (SSSR count). The highest BCUT2D eigenvalue weighted by atomic mass is 14.8. The lowest BCUT2D eigenvalue weighted by molar-refractivity contribution is 1.30. The van der Waals surface area contributed by atoms with Crippen molar-refractivity contribution in [3.05, 3.63) is 33.8 Å². The summed E-state index contributed by atoms with van der Waals surface area (Å²) in [4.78, 5) is 3.17. The lowest BCUT2D eigenvalue weighted by Crippen LogP contribution is -1.81. The Balaban J connectivity index is 3.35. The van der Waals surface area contributed by atoms with Crippen LogP contribution >= 0.6 is 0 Å². The van der Waals surface area contributed by atoms with Gasteiger partial charge in [0.05, 0.1) is 0 Å². The summed E-state index contributed by atoms with van der Waals surface area (Å²) in [5.41, 5.74) is 4.06. The van der Waals surface area contributed by atoms with Crippen LogP contribution in [-0.2, 0) is 0 Å². The number of rotatable bonds is 0. The van der Waals surface area contributed by atoms with Crippen molar-refractivity contribution >= 4 is 5.69 Å². The minimum absolute atomic E-state index is 0.660. The molecular weight excluding hydrogens is 136 g/mol. The molecular formula is C9H11N2+. The smallest absolute Gasteiger partial charge is 0.0481 e. The van der Waals surface area contributed by atoms with Gasteiger partial charge in [0.25, 0.3) is 0 Å². The van der Waals surface area contributed by atoms with Gasteiger partial charge in [-0.3, -0.25) is 0 Å². The first-order valence-corrected chi connectivity index (χ1v) is 3.58. The van der Waals surface area contributed by atoms with E-state index in [4.69, 9.17) is 5.39 Å². The number of diazo groups is 1. The molecule has 0 unspecified atom stereocenters. The van der Waals surface area contributed by atoms with Crippen LogP contribution in [0.3, 0.4) is 0 Å². The maximum Gasteiger partial charge on any atom is 0.388 e. The van der Waals surface area contributed by atoms with Crippen LogP contribution in [0.5, 0.6) is 0 Å². The van der Waals surface area contributed by atoms with E-state index >= 15 is 0 Å². The van der Waals surface area contributed by atoms with E-state index in [-0.39, 0.29) is 0 Å². The SMILES string of the molecule is Cc1cc(C)c([N+]#N)cc1C. The van der Waals surface area contributed by atoms with Gasteiger partial charge >= 0.3 is 5.69 Å². The molecule has 0 aliphatic carbocycles. The highest BCUT2D eigenvalue weighted by Gasteiger charge is 2.10. The molecule has 0 atom stereocenters. The van der Waals surface area contributed by atoms with E-state index in [0.29, 0.717) is 5.69 Å². The van der Waals surface area contributed by atoms with E-state index in [1.807, 2.05) is 32.9 Å². The number of hydrogen-bond acceptors (Lipinski definition) is 1. The van der Waals surface area contributed by atoms with Crippen LogP contribution in [0.4, 0.5) is 5.69 Å². The van der Waals surface area contributed by atoms with E-state index in [1.54, 1.807) is 0 Å². The van der Waals surface area contributed by atoms with Gasteiger partial charge in [0, 0.05) is 11.6 Å². The summed E-state index contributed by atoms with van der Waals surface area (Å²) in [5, 5.41) is 8.56. The van der Waals surface area contributed by atoms with Gasteiger partial charge in [-0.1, -0.05) is 0 Å². The fourth-order valence-corrected chi connectivity index (χ4v) is 1.05. The number of aryl methyl sites for hydroxylation is 3. The third kappa shape index (κ3) is 1.38. The maximum absolute atomic E-state index is 8.56. The zero-order valence-electron chi connectivity index (χ0n) is 7.05. The van der Waals surface area contributed by atoms with Crippen LogP contribution in [0.2, 0.25) is 0 Å². The molecule has 0 amide bonds. The average Bonchev–Trinajstić information content (AvgIpc) is 1.97.